The number of hydrogen-bond donors (Lipinski definition) is 3. The minimum atomic E-state index is -1.48. The van der Waals surface area contributed by atoms with Gasteiger partial charge < -0.3 is 34.8 Å². The fourth-order valence-electron chi connectivity index (χ4n) is 9.09. The molecule has 2 spiro atoms. The van der Waals surface area contributed by atoms with Crippen LogP contribution in [0.1, 0.15) is 94.0 Å². The third-order valence-corrected chi connectivity index (χ3v) is 12.0. The Morgan fingerprint density at radius 3 is 2.56 bits per heavy atom. The predicted molar refractivity (Wildman–Crippen MR) is 187 cm³/mol. The van der Waals surface area contributed by atoms with Crippen LogP contribution < -0.4 is 5.32 Å². The summed E-state index contributed by atoms with van der Waals surface area (Å²) in [7, 11) is 0. The molecule has 7 rings (SSSR count). The van der Waals surface area contributed by atoms with Gasteiger partial charge >= 0.3 is 12.1 Å². The minimum absolute atomic E-state index is 0.0318. The van der Waals surface area contributed by atoms with Gasteiger partial charge in [0.1, 0.15) is 17.5 Å². The number of carboxylic acid groups (broad SMARTS) is 1. The van der Waals surface area contributed by atoms with Gasteiger partial charge in [-0.2, -0.15) is 9.78 Å². The van der Waals surface area contributed by atoms with Crippen molar-refractivity contribution in [1.82, 2.24) is 9.80 Å². The van der Waals surface area contributed by atoms with Gasteiger partial charge in [0, 0.05) is 31.7 Å². The molecular weight excluding hydrogens is 711 g/mol. The number of carbonyl (C=O) groups excluding carboxylic acids is 2. The fourth-order valence-corrected chi connectivity index (χ4v) is 9.09. The number of ether oxygens (including phenoxy) is 2. The molecule has 0 bridgehead atoms. The van der Waals surface area contributed by atoms with Crippen molar-refractivity contribution in [2.24, 2.45) is 17.8 Å². The Kier molecular flexibility index (Phi) is 10.4. The molecule has 2 aromatic carbocycles. The lowest BCUT2D eigenvalue weighted by Crippen LogP contribution is -2.73. The summed E-state index contributed by atoms with van der Waals surface area (Å²) in [5, 5.41) is 23.7. The van der Waals surface area contributed by atoms with Crippen LogP contribution in [0.5, 0.6) is 0 Å². The second-order valence-electron chi connectivity index (χ2n) is 16.1. The van der Waals surface area contributed by atoms with E-state index >= 15 is 4.39 Å². The quantitative estimate of drug-likeness (QED) is 0.246. The van der Waals surface area contributed by atoms with Gasteiger partial charge in [-0.1, -0.05) is 19.9 Å². The van der Waals surface area contributed by atoms with Crippen LogP contribution in [0, 0.1) is 42.1 Å². The molecule has 3 saturated heterocycles. The Morgan fingerprint density at radius 1 is 1.04 bits per heavy atom. The van der Waals surface area contributed by atoms with Crippen molar-refractivity contribution in [1.29, 1.82) is 0 Å². The number of β-amino-alcohol motifs (C(OH)–C–C–N with tert-alkyl or cyclic N) is 1. The van der Waals surface area contributed by atoms with E-state index in [4.69, 9.17) is 19.2 Å². The number of aryl methyl sites for hydroxylation is 1. The van der Waals surface area contributed by atoms with E-state index in [1.54, 1.807) is 19.9 Å². The van der Waals surface area contributed by atoms with Crippen LogP contribution in [0.25, 0.3) is 0 Å². The van der Waals surface area contributed by atoms with Crippen LogP contribution in [0.4, 0.5) is 29.3 Å². The molecule has 2 saturated carbocycles. The van der Waals surface area contributed by atoms with Crippen LogP contribution in [0.2, 0.25) is 0 Å². The van der Waals surface area contributed by atoms with Crippen molar-refractivity contribution in [2.45, 2.75) is 114 Å². The highest BCUT2D eigenvalue weighted by atomic mass is 19.2. The molecule has 15 heteroatoms. The Balaban J connectivity index is 0.986. The van der Waals surface area contributed by atoms with E-state index in [9.17, 15) is 33.4 Å². The fraction of sp³-hybridized carbons (Fsp3) is 0.615. The number of piperidine rings is 1. The lowest BCUT2D eigenvalue weighted by Gasteiger charge is -2.54. The molecule has 54 heavy (non-hydrogen) atoms. The second kappa shape index (κ2) is 14.6. The number of anilines is 2. The predicted octanol–water partition coefficient (Wildman–Crippen LogP) is 6.80. The molecule has 12 nitrogen and oxygen atoms in total. The smallest absolute Gasteiger partial charge is 0.410 e. The maximum Gasteiger partial charge on any atom is 0.410 e. The number of nitrogens with one attached hydrogen (secondary N) is 1. The Labute approximate surface area is 311 Å². The van der Waals surface area contributed by atoms with Crippen LogP contribution in [-0.2, 0) is 24.0 Å². The first-order valence-electron chi connectivity index (χ1n) is 18.9. The number of benzene rings is 2. The van der Waals surface area contributed by atoms with E-state index < -0.39 is 76.3 Å². The number of amides is 2. The van der Waals surface area contributed by atoms with Crippen molar-refractivity contribution in [3.8, 4) is 0 Å². The van der Waals surface area contributed by atoms with E-state index in [1.165, 1.54) is 21.9 Å². The summed E-state index contributed by atoms with van der Waals surface area (Å²) < 4.78 is 56.7. The number of nitrogens with zero attached hydrogens (tertiary/aromatic N) is 2. The third-order valence-electron chi connectivity index (χ3n) is 12.0. The Bertz CT molecular complexity index is 1790. The number of aliphatic hydroxyl groups is 1. The first kappa shape index (κ1) is 38.4. The summed E-state index contributed by atoms with van der Waals surface area (Å²) >= 11 is 0. The molecule has 3 N–H and O–H groups in total. The molecule has 7 unspecified atom stereocenters. The molecular formula is C39H48F3N3O9. The van der Waals surface area contributed by atoms with E-state index in [1.807, 2.05) is 6.92 Å². The van der Waals surface area contributed by atoms with E-state index in [0.717, 1.165) is 25.0 Å². The molecule has 294 valence electrons. The van der Waals surface area contributed by atoms with E-state index in [2.05, 4.69) is 5.32 Å². The number of likely N-dealkylation sites (tertiary alicyclic amines) is 2. The van der Waals surface area contributed by atoms with Crippen molar-refractivity contribution >= 4 is 29.3 Å². The van der Waals surface area contributed by atoms with Gasteiger partial charge in [0.15, 0.2) is 11.6 Å². The van der Waals surface area contributed by atoms with Crippen molar-refractivity contribution in [3.05, 3.63) is 58.9 Å². The van der Waals surface area contributed by atoms with Crippen molar-refractivity contribution in [2.75, 3.05) is 25.0 Å². The highest BCUT2D eigenvalue weighted by molar-refractivity contribution is 6.01. The maximum absolute atomic E-state index is 15.1. The summed E-state index contributed by atoms with van der Waals surface area (Å²) in [6.45, 7) is 5.37. The second-order valence-corrected chi connectivity index (χ2v) is 16.1. The summed E-state index contributed by atoms with van der Waals surface area (Å²) in [6, 6.07) is 5.45. The molecule has 3 heterocycles. The molecule has 0 radical (unpaired) electrons. The van der Waals surface area contributed by atoms with Crippen LogP contribution in [0.15, 0.2) is 30.3 Å². The molecule has 2 aromatic rings. The van der Waals surface area contributed by atoms with Gasteiger partial charge in [0.2, 0.25) is 11.6 Å². The normalized spacial score (nSPS) is 31.0. The largest absolute Gasteiger partial charge is 0.481 e. The number of carboxylic acids is 1. The standard InChI is InChI=1S/C39H48F3N3O9/c1-22-9-12-30(29(41)15-22)43-33-27(10-11-28(40)32(33)42)34(46)44-20-37(50,21-44)31-8-4-5-14-45(31)36(49)51-26-7-6-13-38(19-26)52-39(54-53-38)18-25(17-24(39)3)16-23(2)35(47)48/h9-12,15,23-26,31,43,50H,4-8,13-14,16-21H2,1-3H3,(H,47,48). The maximum atomic E-state index is 15.1. The average Bonchev–Trinajstić information content (AvgIpc) is 3.62. The number of aliphatic carboxylic acids is 1. The van der Waals surface area contributed by atoms with Gasteiger partial charge in [-0.05, 0) is 87.6 Å². The zero-order chi connectivity index (χ0) is 38.6. The summed E-state index contributed by atoms with van der Waals surface area (Å²) in [6.07, 6.45) is 4.50. The van der Waals surface area contributed by atoms with E-state index in [-0.39, 0.29) is 42.6 Å². The topological polar surface area (TPSA) is 147 Å². The van der Waals surface area contributed by atoms with Crippen molar-refractivity contribution < 1.29 is 57.0 Å². The number of carbonyl (C=O) groups is 3. The zero-order valence-corrected chi connectivity index (χ0v) is 30.7. The Hall–Kier alpha value is -3.92. The molecule has 3 aliphatic heterocycles. The average molecular weight is 760 g/mol. The molecule has 2 amide bonds. The lowest BCUT2D eigenvalue weighted by atomic mass is 9.80. The summed E-state index contributed by atoms with van der Waals surface area (Å²) in [5.74, 6) is -7.33. The first-order chi connectivity index (χ1) is 25.6. The number of rotatable bonds is 8. The highest BCUT2D eigenvalue weighted by Crippen LogP contribution is 2.54. The van der Waals surface area contributed by atoms with Crippen molar-refractivity contribution in [3.63, 3.8) is 0 Å². The molecule has 7 atom stereocenters. The van der Waals surface area contributed by atoms with Gasteiger partial charge in [0.25, 0.3) is 5.91 Å². The van der Waals surface area contributed by atoms with E-state index in [0.29, 0.717) is 57.1 Å². The molecule has 0 aromatic heterocycles. The van der Waals surface area contributed by atoms with Gasteiger partial charge in [0.05, 0.1) is 42.0 Å². The van der Waals surface area contributed by atoms with Crippen LogP contribution in [-0.4, -0.2) is 86.9 Å². The Morgan fingerprint density at radius 2 is 1.81 bits per heavy atom. The summed E-state index contributed by atoms with van der Waals surface area (Å²) in [4.78, 5) is 53.5. The highest BCUT2D eigenvalue weighted by Gasteiger charge is 2.61. The van der Waals surface area contributed by atoms with Crippen LogP contribution in [0.3, 0.4) is 0 Å². The molecule has 2 aliphatic carbocycles. The molecule has 5 fully saturated rings. The minimum Gasteiger partial charge on any atom is -0.481 e. The monoisotopic (exact) mass is 759 g/mol. The SMILES string of the molecule is Cc1ccc(Nc2c(C(=O)N3CC(O)(C4CCCCN4C(=O)OC4CCCC5(C4)OOC4(CC(CC(C)C(=O)O)CC4C)O5)C3)ccc(F)c2F)c(F)c1. The molecule has 5 aliphatic rings. The first-order valence-corrected chi connectivity index (χ1v) is 18.9. The van der Waals surface area contributed by atoms with Gasteiger partial charge in [-0.3, -0.25) is 9.59 Å². The number of hydrogen-bond acceptors (Lipinski definition) is 9. The summed E-state index contributed by atoms with van der Waals surface area (Å²) in [5.41, 5.74) is -1.75. The van der Waals surface area contributed by atoms with Crippen LogP contribution >= 0.6 is 0 Å². The van der Waals surface area contributed by atoms with Gasteiger partial charge in [-0.25, -0.2) is 18.0 Å². The lowest BCUT2D eigenvalue weighted by molar-refractivity contribution is -0.361. The third kappa shape index (κ3) is 7.27. The zero-order valence-electron chi connectivity index (χ0n) is 30.7. The number of halogens is 3. The van der Waals surface area contributed by atoms with Gasteiger partial charge in [-0.15, -0.1) is 0 Å².